The fourth-order valence-electron chi connectivity index (χ4n) is 5.04. The lowest BCUT2D eigenvalue weighted by Gasteiger charge is -2.13. The number of nitrogens with one attached hydrogen (secondary N) is 1. The smallest absolute Gasteiger partial charge is 0.356 e. The maximum absolute atomic E-state index is 14.3. The van der Waals surface area contributed by atoms with Crippen LogP contribution in [0.4, 0.5) is 0 Å². The summed E-state index contributed by atoms with van der Waals surface area (Å²) in [7, 11) is -4.39. The average molecular weight is 662 g/mol. The number of aromatic nitrogens is 1. The molecule has 4 aromatic carbocycles. The van der Waals surface area contributed by atoms with Crippen molar-refractivity contribution in [1.82, 2.24) is 9.29 Å². The van der Waals surface area contributed by atoms with Gasteiger partial charge >= 0.3 is 5.97 Å². The van der Waals surface area contributed by atoms with Gasteiger partial charge in [0.1, 0.15) is 0 Å². The quantitative estimate of drug-likeness (QED) is 0.123. The highest BCUT2D eigenvalue weighted by Gasteiger charge is 2.33. The zero-order chi connectivity index (χ0) is 32.1. The molecule has 0 spiro atoms. The molecule has 0 aliphatic rings. The summed E-state index contributed by atoms with van der Waals surface area (Å²) in [4.78, 5) is 27.4. The van der Waals surface area contributed by atoms with E-state index in [1.54, 1.807) is 43.3 Å². The molecule has 0 saturated heterocycles. The van der Waals surface area contributed by atoms with Gasteiger partial charge in [-0.2, -0.15) is 0 Å². The number of ether oxygens (including phenoxy) is 1. The number of carbonyl (C=O) groups is 2. The second-order valence-electron chi connectivity index (χ2n) is 10.3. The Morgan fingerprint density at radius 1 is 0.911 bits per heavy atom. The summed E-state index contributed by atoms with van der Waals surface area (Å²) >= 11 is 13.1. The molecule has 0 radical (unpaired) electrons. The van der Waals surface area contributed by atoms with Gasteiger partial charge in [0.15, 0.2) is 5.69 Å². The zero-order valence-electron chi connectivity index (χ0n) is 24.6. The first-order valence-electron chi connectivity index (χ1n) is 14.2. The summed E-state index contributed by atoms with van der Waals surface area (Å²) in [5.41, 5.74) is 2.54. The SMILES string of the molecule is CCOC(=O)c1c(/C=C(/C(=O)NCCc2ccccc2)c2ccccc2)c2c(Cl)cc(Cl)cc2n1S(=O)(=O)c1ccc(C)cc1. The Bertz CT molecular complexity index is 2000. The van der Waals surface area contributed by atoms with Crippen LogP contribution >= 0.6 is 23.2 Å². The van der Waals surface area contributed by atoms with Crippen molar-refractivity contribution in [1.29, 1.82) is 0 Å². The van der Waals surface area contributed by atoms with Crippen LogP contribution in [0.3, 0.4) is 0 Å². The summed E-state index contributed by atoms with van der Waals surface area (Å²) in [6.45, 7) is 3.78. The van der Waals surface area contributed by atoms with Crippen LogP contribution in [0.5, 0.6) is 0 Å². The maximum Gasteiger partial charge on any atom is 0.356 e. The van der Waals surface area contributed by atoms with Gasteiger partial charge in [0, 0.05) is 28.1 Å². The molecule has 1 N–H and O–H groups in total. The molecule has 1 aromatic heterocycles. The second kappa shape index (κ2) is 13.7. The van der Waals surface area contributed by atoms with Crippen LogP contribution < -0.4 is 5.32 Å². The molecule has 5 rings (SSSR count). The Labute approximate surface area is 272 Å². The van der Waals surface area contributed by atoms with E-state index in [1.165, 1.54) is 30.3 Å². The summed E-state index contributed by atoms with van der Waals surface area (Å²) in [5.74, 6) is -1.32. The lowest BCUT2D eigenvalue weighted by atomic mass is 10.00. The van der Waals surface area contributed by atoms with Gasteiger partial charge in [-0.15, -0.1) is 0 Å². The number of fused-ring (bicyclic) bond motifs is 1. The first kappa shape index (κ1) is 32.0. The molecule has 10 heteroatoms. The maximum atomic E-state index is 14.3. The van der Waals surface area contributed by atoms with Gasteiger partial charge in [-0.3, -0.25) is 4.79 Å². The van der Waals surface area contributed by atoms with Crippen LogP contribution in [0.2, 0.25) is 10.0 Å². The summed E-state index contributed by atoms with van der Waals surface area (Å²) in [6, 6.07) is 27.8. The minimum atomic E-state index is -4.39. The third kappa shape index (κ3) is 6.83. The molecule has 7 nitrogen and oxygen atoms in total. The monoisotopic (exact) mass is 660 g/mol. The van der Waals surface area contributed by atoms with Crippen molar-refractivity contribution < 1.29 is 22.7 Å². The molecule has 230 valence electrons. The normalized spacial score (nSPS) is 11.9. The Hall–Kier alpha value is -4.37. The lowest BCUT2D eigenvalue weighted by molar-refractivity contribution is -0.115. The van der Waals surface area contributed by atoms with E-state index in [4.69, 9.17) is 27.9 Å². The first-order valence-corrected chi connectivity index (χ1v) is 16.4. The zero-order valence-corrected chi connectivity index (χ0v) is 26.9. The molecular weight excluding hydrogens is 631 g/mol. The second-order valence-corrected chi connectivity index (χ2v) is 12.9. The number of nitrogens with zero attached hydrogens (tertiary/aromatic N) is 1. The molecule has 0 unspecified atom stereocenters. The van der Waals surface area contributed by atoms with E-state index in [0.717, 1.165) is 15.1 Å². The highest BCUT2D eigenvalue weighted by Crippen LogP contribution is 2.39. The first-order chi connectivity index (χ1) is 21.6. The van der Waals surface area contributed by atoms with Crippen molar-refractivity contribution in [2.45, 2.75) is 25.2 Å². The van der Waals surface area contributed by atoms with Crippen LogP contribution in [0.1, 0.15) is 39.7 Å². The number of hydrogen-bond donors (Lipinski definition) is 1. The van der Waals surface area contributed by atoms with Crippen molar-refractivity contribution in [2.24, 2.45) is 0 Å². The molecule has 45 heavy (non-hydrogen) atoms. The molecule has 0 bridgehead atoms. The third-order valence-electron chi connectivity index (χ3n) is 7.17. The van der Waals surface area contributed by atoms with Crippen LogP contribution in [0.25, 0.3) is 22.6 Å². The molecule has 5 aromatic rings. The third-order valence-corrected chi connectivity index (χ3v) is 9.41. The fraction of sp³-hybridized carbons (Fsp3) is 0.143. The number of hydrogen-bond acceptors (Lipinski definition) is 5. The van der Waals surface area contributed by atoms with E-state index in [1.807, 2.05) is 43.3 Å². The summed E-state index contributed by atoms with van der Waals surface area (Å²) in [6.07, 6.45) is 2.09. The number of esters is 1. The van der Waals surface area contributed by atoms with E-state index in [-0.39, 0.29) is 49.3 Å². The van der Waals surface area contributed by atoms with E-state index < -0.39 is 21.9 Å². The number of halogens is 2. The van der Waals surface area contributed by atoms with Gasteiger partial charge in [0.2, 0.25) is 0 Å². The van der Waals surface area contributed by atoms with Crippen LogP contribution in [0.15, 0.2) is 102 Å². The van der Waals surface area contributed by atoms with Crippen LogP contribution in [-0.2, 0) is 26.0 Å². The predicted octanol–water partition coefficient (Wildman–Crippen LogP) is 7.57. The predicted molar refractivity (Wildman–Crippen MR) is 179 cm³/mol. The van der Waals surface area contributed by atoms with Crippen LogP contribution in [0, 0.1) is 6.92 Å². The van der Waals surface area contributed by atoms with Gasteiger partial charge in [0.25, 0.3) is 15.9 Å². The Morgan fingerprint density at radius 2 is 1.56 bits per heavy atom. The Balaban J connectivity index is 1.76. The molecular formula is C35H30Cl2N2O5S. The van der Waals surface area contributed by atoms with Gasteiger partial charge in [-0.1, -0.05) is 102 Å². The van der Waals surface area contributed by atoms with Crippen molar-refractivity contribution in [3.63, 3.8) is 0 Å². The van der Waals surface area contributed by atoms with Crippen molar-refractivity contribution in [3.8, 4) is 0 Å². The Morgan fingerprint density at radius 3 is 2.20 bits per heavy atom. The van der Waals surface area contributed by atoms with Gasteiger partial charge in [-0.25, -0.2) is 17.2 Å². The molecule has 0 fully saturated rings. The fourth-order valence-corrected chi connectivity index (χ4v) is 7.13. The van der Waals surface area contributed by atoms with Gasteiger partial charge in [-0.05, 0) is 61.7 Å². The van der Waals surface area contributed by atoms with Crippen molar-refractivity contribution >= 4 is 67.7 Å². The average Bonchev–Trinajstić information content (AvgIpc) is 3.36. The number of benzene rings is 4. The molecule has 0 aliphatic carbocycles. The number of amides is 1. The van der Waals surface area contributed by atoms with Crippen molar-refractivity contribution in [3.05, 3.63) is 135 Å². The van der Waals surface area contributed by atoms with Crippen LogP contribution in [-0.4, -0.2) is 37.4 Å². The number of rotatable bonds is 10. The molecule has 1 amide bonds. The molecule has 0 aliphatic heterocycles. The van der Waals surface area contributed by atoms with E-state index >= 15 is 0 Å². The minimum absolute atomic E-state index is 0.0197. The topological polar surface area (TPSA) is 94.5 Å². The highest BCUT2D eigenvalue weighted by atomic mass is 35.5. The summed E-state index contributed by atoms with van der Waals surface area (Å²) < 4.78 is 34.8. The lowest BCUT2D eigenvalue weighted by Crippen LogP contribution is -2.26. The van der Waals surface area contributed by atoms with E-state index in [2.05, 4.69) is 5.32 Å². The highest BCUT2D eigenvalue weighted by molar-refractivity contribution is 7.90. The minimum Gasteiger partial charge on any atom is -0.461 e. The van der Waals surface area contributed by atoms with Gasteiger partial charge in [0.05, 0.1) is 22.0 Å². The number of carbonyl (C=O) groups excluding carboxylic acids is 2. The van der Waals surface area contributed by atoms with E-state index in [0.29, 0.717) is 18.5 Å². The standard InChI is InChI=1S/C35H30Cl2N2O5S/c1-3-44-35(41)33-29(22-28(25-12-8-5-9-13-25)34(40)38-19-18-24-10-6-4-7-11-24)32-30(37)20-26(36)21-31(32)39(33)45(42,43)27-16-14-23(2)15-17-27/h4-17,20-22H,3,18-19H2,1-2H3,(H,38,40)/b28-22+. The molecule has 0 atom stereocenters. The van der Waals surface area contributed by atoms with E-state index in [9.17, 15) is 18.0 Å². The van der Waals surface area contributed by atoms with Crippen molar-refractivity contribution in [2.75, 3.05) is 13.2 Å². The van der Waals surface area contributed by atoms with Gasteiger partial charge < -0.3 is 10.1 Å². The summed E-state index contributed by atoms with van der Waals surface area (Å²) in [5, 5.41) is 3.45. The largest absolute Gasteiger partial charge is 0.461 e. The molecule has 0 saturated carbocycles. The Kier molecular flexibility index (Phi) is 9.77. The number of aryl methyl sites for hydroxylation is 1. The molecule has 1 heterocycles.